The highest BCUT2D eigenvalue weighted by Gasteiger charge is 2.09. The zero-order chi connectivity index (χ0) is 20.9. The number of nitrogens with one attached hydrogen (secondary N) is 1. The van der Waals surface area contributed by atoms with Crippen LogP contribution in [0.5, 0.6) is 5.75 Å². The van der Waals surface area contributed by atoms with Gasteiger partial charge in [0, 0.05) is 31.8 Å². The summed E-state index contributed by atoms with van der Waals surface area (Å²) in [5, 5.41) is 2.99. The van der Waals surface area contributed by atoms with Crippen molar-refractivity contribution in [2.75, 3.05) is 6.54 Å². The van der Waals surface area contributed by atoms with Gasteiger partial charge in [0.25, 0.3) is 0 Å². The van der Waals surface area contributed by atoms with Crippen LogP contribution < -0.4 is 15.5 Å². The van der Waals surface area contributed by atoms with Crippen molar-refractivity contribution in [3.63, 3.8) is 0 Å². The van der Waals surface area contributed by atoms with E-state index in [2.05, 4.69) is 12.2 Å². The van der Waals surface area contributed by atoms with Crippen molar-refractivity contribution < 1.29 is 9.53 Å². The predicted octanol–water partition coefficient (Wildman–Crippen LogP) is 4.60. The van der Waals surface area contributed by atoms with Gasteiger partial charge >= 0.3 is 0 Å². The van der Waals surface area contributed by atoms with Gasteiger partial charge in [0.05, 0.1) is 5.69 Å². The Labute approximate surface area is 174 Å². The lowest BCUT2D eigenvalue weighted by Gasteiger charge is -2.15. The molecule has 0 aliphatic rings. The minimum atomic E-state index is -0.106. The van der Waals surface area contributed by atoms with Crippen molar-refractivity contribution in [2.45, 2.75) is 71.9 Å². The molecule has 5 heteroatoms. The molecular formula is C24H34N2O3. The molecule has 1 amide bonds. The van der Waals surface area contributed by atoms with Crippen LogP contribution in [0.1, 0.15) is 63.1 Å². The van der Waals surface area contributed by atoms with E-state index in [9.17, 15) is 9.59 Å². The van der Waals surface area contributed by atoms with Gasteiger partial charge in [0.1, 0.15) is 6.61 Å². The Balaban J connectivity index is 1.76. The van der Waals surface area contributed by atoms with Gasteiger partial charge < -0.3 is 14.6 Å². The number of aryl methyl sites for hydroxylation is 1. The molecule has 0 radical (unpaired) electrons. The van der Waals surface area contributed by atoms with Crippen LogP contribution in [-0.2, 0) is 17.9 Å². The maximum absolute atomic E-state index is 12.2. The van der Waals surface area contributed by atoms with Crippen molar-refractivity contribution in [2.24, 2.45) is 0 Å². The Morgan fingerprint density at radius 3 is 2.55 bits per heavy atom. The molecule has 0 aliphatic heterocycles. The van der Waals surface area contributed by atoms with E-state index in [-0.39, 0.29) is 11.3 Å². The summed E-state index contributed by atoms with van der Waals surface area (Å²) in [5.41, 5.74) is 1.74. The fourth-order valence-corrected chi connectivity index (χ4v) is 3.26. The van der Waals surface area contributed by atoms with Gasteiger partial charge in [-0.1, -0.05) is 62.9 Å². The number of carbonyl (C=O) groups is 1. The summed E-state index contributed by atoms with van der Waals surface area (Å²) in [6.45, 7) is 5.82. The number of pyridine rings is 1. The van der Waals surface area contributed by atoms with Crippen LogP contribution in [0.2, 0.25) is 0 Å². The van der Waals surface area contributed by atoms with Gasteiger partial charge in [0.15, 0.2) is 5.75 Å². The summed E-state index contributed by atoms with van der Waals surface area (Å²) < 4.78 is 7.82. The molecule has 1 aromatic carbocycles. The van der Waals surface area contributed by atoms with Crippen LogP contribution in [0.4, 0.5) is 0 Å². The number of hydrogen-bond acceptors (Lipinski definition) is 3. The maximum Gasteiger partial charge on any atom is 0.223 e. The molecule has 5 nitrogen and oxygen atoms in total. The third-order valence-electron chi connectivity index (χ3n) is 5.02. The zero-order valence-corrected chi connectivity index (χ0v) is 17.8. The number of unbranched alkanes of at least 4 members (excludes halogenated alkanes) is 4. The van der Waals surface area contributed by atoms with Crippen LogP contribution in [0.3, 0.4) is 0 Å². The second-order valence-corrected chi connectivity index (χ2v) is 7.43. The van der Waals surface area contributed by atoms with E-state index >= 15 is 0 Å². The van der Waals surface area contributed by atoms with Crippen molar-refractivity contribution in [3.05, 3.63) is 64.1 Å². The van der Waals surface area contributed by atoms with E-state index in [0.717, 1.165) is 37.1 Å². The van der Waals surface area contributed by atoms with Gasteiger partial charge in [0.2, 0.25) is 11.3 Å². The van der Waals surface area contributed by atoms with Crippen LogP contribution in [-0.4, -0.2) is 17.0 Å². The molecule has 0 bridgehead atoms. The molecule has 2 rings (SSSR count). The normalized spacial score (nSPS) is 10.7. The molecule has 1 aromatic heterocycles. The van der Waals surface area contributed by atoms with E-state index in [1.807, 2.05) is 41.8 Å². The minimum Gasteiger partial charge on any atom is -0.483 e. The quantitative estimate of drug-likeness (QED) is 0.502. The van der Waals surface area contributed by atoms with Crippen molar-refractivity contribution in [3.8, 4) is 5.75 Å². The second-order valence-electron chi connectivity index (χ2n) is 7.43. The molecule has 0 fully saturated rings. The molecule has 2 aromatic rings. The number of nitrogens with zero attached hydrogens (tertiary/aromatic N) is 1. The fraction of sp³-hybridized carbons (Fsp3) is 0.500. The summed E-state index contributed by atoms with van der Waals surface area (Å²) in [5.74, 6) is 0.525. The van der Waals surface area contributed by atoms with Crippen molar-refractivity contribution in [1.82, 2.24) is 9.88 Å². The first-order valence-corrected chi connectivity index (χ1v) is 10.7. The van der Waals surface area contributed by atoms with E-state index in [0.29, 0.717) is 25.3 Å². The van der Waals surface area contributed by atoms with Gasteiger partial charge in [-0.2, -0.15) is 0 Å². The monoisotopic (exact) mass is 398 g/mol. The van der Waals surface area contributed by atoms with E-state index in [4.69, 9.17) is 4.74 Å². The minimum absolute atomic E-state index is 0.106. The molecule has 0 saturated heterocycles. The Hall–Kier alpha value is -2.56. The zero-order valence-electron chi connectivity index (χ0n) is 17.8. The number of amides is 1. The summed E-state index contributed by atoms with van der Waals surface area (Å²) in [6, 6.07) is 11.4. The van der Waals surface area contributed by atoms with Gasteiger partial charge in [-0.15, -0.1) is 0 Å². The van der Waals surface area contributed by atoms with Gasteiger partial charge in [-0.3, -0.25) is 9.59 Å². The highest BCUT2D eigenvalue weighted by Crippen LogP contribution is 2.14. The van der Waals surface area contributed by atoms with E-state index in [1.54, 1.807) is 12.3 Å². The number of hydrogen-bond donors (Lipinski definition) is 1. The highest BCUT2D eigenvalue weighted by atomic mass is 16.5. The number of aromatic nitrogens is 1. The summed E-state index contributed by atoms with van der Waals surface area (Å²) in [6.07, 6.45) is 8.98. The molecule has 0 saturated carbocycles. The smallest absolute Gasteiger partial charge is 0.223 e. The number of benzene rings is 1. The molecule has 0 aliphatic carbocycles. The third-order valence-corrected chi connectivity index (χ3v) is 5.02. The number of rotatable bonds is 13. The van der Waals surface area contributed by atoms with Gasteiger partial charge in [-0.05, 0) is 25.3 Å². The van der Waals surface area contributed by atoms with Crippen molar-refractivity contribution in [1.29, 1.82) is 0 Å². The van der Waals surface area contributed by atoms with Crippen molar-refractivity contribution >= 4 is 5.91 Å². The lowest BCUT2D eigenvalue weighted by Crippen LogP contribution is -2.25. The lowest BCUT2D eigenvalue weighted by atomic mass is 10.1. The van der Waals surface area contributed by atoms with Crippen LogP contribution in [0, 0.1) is 6.92 Å². The molecule has 0 spiro atoms. The molecule has 1 heterocycles. The molecule has 29 heavy (non-hydrogen) atoms. The molecule has 0 atom stereocenters. The molecule has 1 N–H and O–H groups in total. The second kappa shape index (κ2) is 12.8. The lowest BCUT2D eigenvalue weighted by molar-refractivity contribution is -0.121. The third kappa shape index (κ3) is 8.14. The highest BCUT2D eigenvalue weighted by molar-refractivity contribution is 5.75. The molecule has 0 unspecified atom stereocenters. The maximum atomic E-state index is 12.2. The van der Waals surface area contributed by atoms with E-state index in [1.165, 1.54) is 19.3 Å². The summed E-state index contributed by atoms with van der Waals surface area (Å²) in [7, 11) is 0. The van der Waals surface area contributed by atoms with Crippen LogP contribution in [0.25, 0.3) is 0 Å². The van der Waals surface area contributed by atoms with Crippen LogP contribution >= 0.6 is 0 Å². The largest absolute Gasteiger partial charge is 0.483 e. The van der Waals surface area contributed by atoms with Crippen LogP contribution in [0.15, 0.2) is 47.4 Å². The molecular weight excluding hydrogens is 364 g/mol. The Morgan fingerprint density at radius 2 is 1.79 bits per heavy atom. The summed E-state index contributed by atoms with van der Waals surface area (Å²) in [4.78, 5) is 24.1. The first kappa shape index (κ1) is 22.7. The Morgan fingerprint density at radius 1 is 1.03 bits per heavy atom. The average Bonchev–Trinajstić information content (AvgIpc) is 2.73. The molecule has 158 valence electrons. The SMILES string of the molecule is CCCCCCCC(=O)NCCCn1ccc(=O)c(OCc2ccccc2)c1C. The van der Waals surface area contributed by atoms with E-state index < -0.39 is 0 Å². The first-order valence-electron chi connectivity index (χ1n) is 10.7. The first-order chi connectivity index (χ1) is 14.1. The number of ether oxygens (including phenoxy) is 1. The summed E-state index contributed by atoms with van der Waals surface area (Å²) >= 11 is 0. The number of carbonyl (C=O) groups excluding carboxylic acids is 1. The predicted molar refractivity (Wildman–Crippen MR) is 117 cm³/mol. The topological polar surface area (TPSA) is 60.3 Å². The Kier molecular flexibility index (Phi) is 10.0. The fourth-order valence-electron chi connectivity index (χ4n) is 3.26. The van der Waals surface area contributed by atoms with Gasteiger partial charge in [-0.25, -0.2) is 0 Å². The average molecular weight is 399 g/mol. The Bertz CT molecular complexity index is 800. The standard InChI is InChI=1S/C24H34N2O3/c1-3-4-5-6-10-14-23(28)25-16-11-17-26-18-15-22(27)24(20(26)2)29-19-21-12-8-7-9-13-21/h7-9,12-13,15,18H,3-6,10-11,14,16-17,19H2,1-2H3,(H,25,28).